The molecule has 0 aliphatic heterocycles. The van der Waals surface area contributed by atoms with Gasteiger partial charge in [0.25, 0.3) is 30.4 Å². The molecule has 0 aliphatic rings. The van der Waals surface area contributed by atoms with Crippen LogP contribution in [0.2, 0.25) is 0 Å². The molecule has 0 radical (unpaired) electrons. The summed E-state index contributed by atoms with van der Waals surface area (Å²) in [7, 11) is -14.1. The molecule has 0 saturated carbocycles. The molecule has 0 amide bonds. The SMILES string of the molecule is CCCN(CCC)c1nc(Nc2ccc(C)c(S(=O)(=O)O)c2)nc(Nc2cc(S(=O)(=O)O)ccc2S(=O)(=O)O)n1. The van der Waals surface area contributed by atoms with Crippen molar-refractivity contribution in [1.29, 1.82) is 0 Å². The van der Waals surface area contributed by atoms with Crippen molar-refractivity contribution in [3.8, 4) is 0 Å². The molecule has 0 unspecified atom stereocenters. The van der Waals surface area contributed by atoms with E-state index in [2.05, 4.69) is 25.6 Å². The van der Waals surface area contributed by atoms with Gasteiger partial charge in [-0.3, -0.25) is 13.7 Å². The maximum absolute atomic E-state index is 12.0. The Kier molecular flexibility index (Phi) is 9.32. The molecule has 3 aromatic rings. The molecule has 0 bridgehead atoms. The number of anilines is 5. The van der Waals surface area contributed by atoms with Gasteiger partial charge in [-0.05, 0) is 55.7 Å². The lowest BCUT2D eigenvalue weighted by molar-refractivity contribution is 0.479. The molecular formula is C22H28N6O9S3. The maximum atomic E-state index is 12.0. The Morgan fingerprint density at radius 3 is 1.82 bits per heavy atom. The molecule has 1 heterocycles. The first-order valence-corrected chi connectivity index (χ1v) is 16.1. The second kappa shape index (κ2) is 12.0. The number of nitrogens with one attached hydrogen (secondary N) is 2. The summed E-state index contributed by atoms with van der Waals surface area (Å²) >= 11 is 0. The second-order valence-electron chi connectivity index (χ2n) is 8.58. The summed E-state index contributed by atoms with van der Waals surface area (Å²) in [6.07, 6.45) is 1.44. The van der Waals surface area contributed by atoms with E-state index in [1.807, 2.05) is 18.7 Å². The van der Waals surface area contributed by atoms with Crippen molar-refractivity contribution in [3.05, 3.63) is 42.0 Å². The van der Waals surface area contributed by atoms with Gasteiger partial charge in [0.2, 0.25) is 17.8 Å². The van der Waals surface area contributed by atoms with Crippen LogP contribution in [0.4, 0.5) is 29.2 Å². The highest BCUT2D eigenvalue weighted by Crippen LogP contribution is 2.29. The fraction of sp³-hybridized carbons (Fsp3) is 0.318. The summed E-state index contributed by atoms with van der Waals surface area (Å²) in [5.74, 6) is -0.247. The third-order valence-corrected chi connectivity index (χ3v) is 8.15. The number of hydrogen-bond acceptors (Lipinski definition) is 12. The Bertz CT molecular complexity index is 1720. The minimum Gasteiger partial charge on any atom is -0.341 e. The lowest BCUT2D eigenvalue weighted by Gasteiger charge is -2.22. The van der Waals surface area contributed by atoms with Crippen LogP contribution in [0.5, 0.6) is 0 Å². The minimum absolute atomic E-state index is 0.116. The number of aryl methyl sites for hydroxylation is 1. The third-order valence-electron chi connectivity index (χ3n) is 5.39. The van der Waals surface area contributed by atoms with Gasteiger partial charge in [0.1, 0.15) is 4.90 Å². The van der Waals surface area contributed by atoms with Gasteiger partial charge in [0.15, 0.2) is 0 Å². The lowest BCUT2D eigenvalue weighted by Crippen LogP contribution is -2.27. The van der Waals surface area contributed by atoms with E-state index in [0.29, 0.717) is 18.7 Å². The molecule has 2 aromatic carbocycles. The fourth-order valence-corrected chi connectivity index (χ4v) is 5.55. The highest BCUT2D eigenvalue weighted by Gasteiger charge is 2.22. The van der Waals surface area contributed by atoms with E-state index in [9.17, 15) is 38.9 Å². The van der Waals surface area contributed by atoms with Gasteiger partial charge in [-0.15, -0.1) is 0 Å². The highest BCUT2D eigenvalue weighted by molar-refractivity contribution is 7.86. The van der Waals surface area contributed by atoms with Crippen molar-refractivity contribution in [3.63, 3.8) is 0 Å². The summed E-state index contributed by atoms with van der Waals surface area (Å²) in [5, 5.41) is 5.38. The Balaban J connectivity index is 2.17. The second-order valence-corrected chi connectivity index (χ2v) is 12.8. The van der Waals surface area contributed by atoms with Crippen molar-refractivity contribution in [2.75, 3.05) is 28.6 Å². The zero-order chi connectivity index (χ0) is 29.9. The summed E-state index contributed by atoms with van der Waals surface area (Å²) in [6, 6.07) is 6.50. The molecule has 5 N–H and O–H groups in total. The fourth-order valence-electron chi connectivity index (χ4n) is 3.67. The van der Waals surface area contributed by atoms with E-state index < -0.39 is 45.8 Å². The standard InChI is InChI=1S/C22H28N6O9S3/c1-4-10-28(11-5-2)22-26-20(23-15-7-6-14(3)19(12-15)40(35,36)37)25-21(27-22)24-17-13-16(38(29,30)31)8-9-18(17)39(32,33)34/h6-9,12-13H,4-5,10-11H2,1-3H3,(H,29,30,31)(H,32,33,34)(H,35,36,37)(H2,23,24,25,26,27). The smallest absolute Gasteiger partial charge is 0.296 e. The molecule has 15 nitrogen and oxygen atoms in total. The number of benzene rings is 2. The van der Waals surface area contributed by atoms with E-state index >= 15 is 0 Å². The lowest BCUT2D eigenvalue weighted by atomic mass is 10.2. The van der Waals surface area contributed by atoms with Gasteiger partial charge in [-0.2, -0.15) is 40.2 Å². The molecular weight excluding hydrogens is 588 g/mol. The van der Waals surface area contributed by atoms with Crippen molar-refractivity contribution >= 4 is 59.6 Å². The van der Waals surface area contributed by atoms with Crippen LogP contribution in [0.25, 0.3) is 0 Å². The maximum Gasteiger partial charge on any atom is 0.296 e. The van der Waals surface area contributed by atoms with Gasteiger partial charge >= 0.3 is 0 Å². The van der Waals surface area contributed by atoms with Gasteiger partial charge in [0.05, 0.1) is 15.5 Å². The van der Waals surface area contributed by atoms with E-state index in [-0.39, 0.29) is 28.4 Å². The first kappa shape index (κ1) is 31.1. The zero-order valence-electron chi connectivity index (χ0n) is 21.6. The van der Waals surface area contributed by atoms with Crippen LogP contribution in [0, 0.1) is 6.92 Å². The Morgan fingerprint density at radius 2 is 1.30 bits per heavy atom. The Labute approximate surface area is 232 Å². The van der Waals surface area contributed by atoms with Gasteiger partial charge < -0.3 is 15.5 Å². The average molecular weight is 617 g/mol. The van der Waals surface area contributed by atoms with Crippen molar-refractivity contribution in [2.24, 2.45) is 0 Å². The third kappa shape index (κ3) is 7.83. The summed E-state index contributed by atoms with van der Waals surface area (Å²) in [5.41, 5.74) is 0.0216. The topological polar surface area (TPSA) is 229 Å². The summed E-state index contributed by atoms with van der Waals surface area (Å²) in [6.45, 7) is 6.43. The van der Waals surface area contributed by atoms with Crippen LogP contribution < -0.4 is 15.5 Å². The Hall–Kier alpha value is -3.42. The quantitative estimate of drug-likeness (QED) is 0.184. The molecule has 0 fully saturated rings. The van der Waals surface area contributed by atoms with Crippen LogP contribution in [0.1, 0.15) is 32.3 Å². The van der Waals surface area contributed by atoms with Crippen LogP contribution >= 0.6 is 0 Å². The predicted molar refractivity (Wildman–Crippen MR) is 146 cm³/mol. The van der Waals surface area contributed by atoms with Gasteiger partial charge in [-0.1, -0.05) is 19.9 Å². The zero-order valence-corrected chi connectivity index (χ0v) is 24.0. The summed E-state index contributed by atoms with van der Waals surface area (Å²) in [4.78, 5) is 13.0. The molecule has 218 valence electrons. The number of hydrogen-bond donors (Lipinski definition) is 5. The minimum atomic E-state index is -4.86. The van der Waals surface area contributed by atoms with E-state index in [0.717, 1.165) is 31.0 Å². The van der Waals surface area contributed by atoms with Crippen LogP contribution in [-0.4, -0.2) is 67.0 Å². The van der Waals surface area contributed by atoms with Crippen molar-refractivity contribution in [2.45, 2.75) is 48.3 Å². The first-order valence-electron chi connectivity index (χ1n) is 11.7. The Morgan fingerprint density at radius 1 is 0.725 bits per heavy atom. The number of nitrogens with zero attached hydrogens (tertiary/aromatic N) is 4. The number of rotatable bonds is 12. The first-order chi connectivity index (χ1) is 18.5. The van der Waals surface area contributed by atoms with Crippen molar-refractivity contribution in [1.82, 2.24) is 15.0 Å². The summed E-state index contributed by atoms with van der Waals surface area (Å²) < 4.78 is 99.4. The highest BCUT2D eigenvalue weighted by atomic mass is 32.2. The normalized spacial score (nSPS) is 12.2. The molecule has 1 aromatic heterocycles. The average Bonchev–Trinajstić information content (AvgIpc) is 2.83. The van der Waals surface area contributed by atoms with Gasteiger partial charge in [0, 0.05) is 18.8 Å². The van der Waals surface area contributed by atoms with Gasteiger partial charge in [-0.25, -0.2) is 0 Å². The number of aromatic nitrogens is 3. The monoisotopic (exact) mass is 616 g/mol. The van der Waals surface area contributed by atoms with E-state index in [1.165, 1.54) is 25.1 Å². The molecule has 0 atom stereocenters. The largest absolute Gasteiger partial charge is 0.341 e. The predicted octanol–water partition coefficient (Wildman–Crippen LogP) is 3.03. The van der Waals surface area contributed by atoms with Crippen LogP contribution in [0.3, 0.4) is 0 Å². The molecule has 18 heteroatoms. The van der Waals surface area contributed by atoms with Crippen LogP contribution in [-0.2, 0) is 30.4 Å². The molecule has 0 aliphatic carbocycles. The van der Waals surface area contributed by atoms with Crippen molar-refractivity contribution < 1.29 is 38.9 Å². The van der Waals surface area contributed by atoms with Crippen LogP contribution in [0.15, 0.2) is 51.1 Å². The molecule has 40 heavy (non-hydrogen) atoms. The molecule has 0 spiro atoms. The molecule has 3 rings (SSSR count). The van der Waals surface area contributed by atoms with E-state index in [4.69, 9.17) is 0 Å². The van der Waals surface area contributed by atoms with E-state index in [1.54, 1.807) is 0 Å². The molecule has 0 saturated heterocycles.